The van der Waals surface area contributed by atoms with Crippen LogP contribution in [0.3, 0.4) is 0 Å². The fourth-order valence-electron chi connectivity index (χ4n) is 1.61. The van der Waals surface area contributed by atoms with E-state index in [0.717, 1.165) is 6.07 Å². The summed E-state index contributed by atoms with van der Waals surface area (Å²) < 4.78 is 5.16. The molecule has 5 N–H and O–H groups in total. The molecular weight excluding hydrogens is 264 g/mol. The Morgan fingerprint density at radius 1 is 1.25 bits per heavy atom. The molecule has 20 heavy (non-hydrogen) atoms. The van der Waals surface area contributed by atoms with Crippen LogP contribution in [0.4, 0.5) is 5.69 Å². The number of carboxylic acids is 1. The number of amides is 1. The summed E-state index contributed by atoms with van der Waals surface area (Å²) in [6, 6.07) is 6.62. The summed E-state index contributed by atoms with van der Waals surface area (Å²) in [4.78, 5) is 22.9. The van der Waals surface area contributed by atoms with Crippen LogP contribution in [0.5, 0.6) is 5.75 Å². The van der Waals surface area contributed by atoms with Crippen LogP contribution in [0.1, 0.15) is 26.7 Å². The number of carbonyl (C=O) groups excluding carboxylic acids is 1. The van der Waals surface area contributed by atoms with E-state index in [2.05, 4.69) is 5.32 Å². The van der Waals surface area contributed by atoms with Gasteiger partial charge in [0.15, 0.2) is 5.76 Å². The number of phenols is 1. The number of carboxylic acid groups (broad SMARTS) is 1. The number of carbonyl (C=O) groups is 2. The molecule has 1 amide bonds. The van der Waals surface area contributed by atoms with Crippen molar-refractivity contribution in [3.8, 4) is 5.75 Å². The van der Waals surface area contributed by atoms with Crippen LogP contribution < -0.4 is 11.1 Å². The molecule has 7 heteroatoms. The van der Waals surface area contributed by atoms with Gasteiger partial charge < -0.3 is 25.7 Å². The maximum atomic E-state index is 11.9. The third kappa shape index (κ3) is 2.78. The smallest absolute Gasteiger partial charge is 0.337 e. The lowest BCUT2D eigenvalue weighted by Crippen LogP contribution is -2.14. The molecule has 0 spiro atoms. The molecule has 0 unspecified atom stereocenters. The number of hydrogen-bond donors (Lipinski definition) is 4. The van der Waals surface area contributed by atoms with E-state index in [1.807, 2.05) is 0 Å². The molecule has 0 radical (unpaired) electrons. The van der Waals surface area contributed by atoms with Crippen LogP contribution in [0.25, 0.3) is 0 Å². The fourth-order valence-corrected chi connectivity index (χ4v) is 1.61. The molecular formula is C13H12N2O5. The maximum Gasteiger partial charge on any atom is 0.337 e. The quantitative estimate of drug-likeness (QED) is 0.625. The zero-order valence-electron chi connectivity index (χ0n) is 10.3. The first-order chi connectivity index (χ1) is 9.51. The molecule has 104 valence electrons. The largest absolute Gasteiger partial charge is 0.508 e. The van der Waals surface area contributed by atoms with Crippen molar-refractivity contribution < 1.29 is 24.2 Å². The summed E-state index contributed by atoms with van der Waals surface area (Å²) in [6.07, 6.45) is 0. The topological polar surface area (TPSA) is 126 Å². The van der Waals surface area contributed by atoms with Gasteiger partial charge in [0.2, 0.25) is 0 Å². The number of nitrogens with one attached hydrogen (secondary N) is 1. The first-order valence-corrected chi connectivity index (χ1v) is 5.67. The molecule has 7 nitrogen and oxygen atoms in total. The van der Waals surface area contributed by atoms with Crippen molar-refractivity contribution in [2.24, 2.45) is 5.73 Å². The molecule has 0 aliphatic rings. The van der Waals surface area contributed by atoms with Crippen molar-refractivity contribution in [3.63, 3.8) is 0 Å². The molecule has 0 fully saturated rings. The first-order valence-electron chi connectivity index (χ1n) is 5.67. The number of anilines is 1. The molecule has 0 atom stereocenters. The molecule has 0 saturated heterocycles. The Kier molecular flexibility index (Phi) is 3.72. The Morgan fingerprint density at radius 2 is 2.00 bits per heavy atom. The van der Waals surface area contributed by atoms with E-state index in [4.69, 9.17) is 15.3 Å². The molecule has 0 bridgehead atoms. The summed E-state index contributed by atoms with van der Waals surface area (Å²) in [5.41, 5.74) is 5.21. The average Bonchev–Trinajstić information content (AvgIpc) is 2.89. The van der Waals surface area contributed by atoms with Crippen LogP contribution >= 0.6 is 0 Å². The zero-order valence-corrected chi connectivity index (χ0v) is 10.3. The predicted octanol–water partition coefficient (Wildman–Crippen LogP) is 1.39. The van der Waals surface area contributed by atoms with E-state index < -0.39 is 11.9 Å². The van der Waals surface area contributed by atoms with E-state index in [1.54, 1.807) is 6.07 Å². The number of nitrogens with two attached hydrogens (primary N) is 1. The number of aromatic hydroxyl groups is 1. The predicted molar refractivity (Wildman–Crippen MR) is 69.6 cm³/mol. The van der Waals surface area contributed by atoms with Gasteiger partial charge in [0.05, 0.1) is 17.8 Å². The Morgan fingerprint density at radius 3 is 2.60 bits per heavy atom. The summed E-state index contributed by atoms with van der Waals surface area (Å²) >= 11 is 0. The highest BCUT2D eigenvalue weighted by Crippen LogP contribution is 2.22. The lowest BCUT2D eigenvalue weighted by molar-refractivity contribution is 0.0697. The van der Waals surface area contributed by atoms with E-state index in [9.17, 15) is 14.7 Å². The van der Waals surface area contributed by atoms with Crippen molar-refractivity contribution in [2.75, 3.05) is 5.32 Å². The van der Waals surface area contributed by atoms with Crippen molar-refractivity contribution >= 4 is 17.6 Å². The summed E-state index contributed by atoms with van der Waals surface area (Å²) in [6.45, 7) is 0.160. The number of hydrogen-bond acceptors (Lipinski definition) is 5. The minimum atomic E-state index is -1.27. The van der Waals surface area contributed by atoms with Gasteiger partial charge in [-0.2, -0.15) is 0 Å². The number of benzene rings is 1. The normalized spacial score (nSPS) is 10.2. The zero-order chi connectivity index (χ0) is 14.7. The highest BCUT2D eigenvalue weighted by Gasteiger charge is 2.16. The Bertz CT molecular complexity index is 663. The molecule has 1 aromatic carbocycles. The van der Waals surface area contributed by atoms with Crippen LogP contribution in [-0.2, 0) is 6.54 Å². The van der Waals surface area contributed by atoms with Gasteiger partial charge in [-0.05, 0) is 30.3 Å². The minimum Gasteiger partial charge on any atom is -0.508 e. The summed E-state index contributed by atoms with van der Waals surface area (Å²) in [5, 5.41) is 20.7. The summed E-state index contributed by atoms with van der Waals surface area (Å²) in [7, 11) is 0. The van der Waals surface area contributed by atoms with Crippen molar-refractivity contribution in [1.29, 1.82) is 0 Å². The second-order valence-electron chi connectivity index (χ2n) is 3.96. The fraction of sp³-hybridized carbons (Fsp3) is 0.0769. The Balaban J connectivity index is 2.25. The van der Waals surface area contributed by atoms with Crippen LogP contribution in [0, 0.1) is 0 Å². The van der Waals surface area contributed by atoms with Crippen molar-refractivity contribution in [3.05, 3.63) is 47.4 Å². The van der Waals surface area contributed by atoms with Gasteiger partial charge in [0, 0.05) is 0 Å². The standard InChI is InChI=1S/C13H12N2O5/c14-6-8-2-4-11(20-8)12(17)15-10-3-1-7(16)5-9(10)13(18)19/h1-5,16H,6,14H2,(H,15,17)(H,18,19). The second kappa shape index (κ2) is 5.45. The van der Waals surface area contributed by atoms with E-state index in [1.165, 1.54) is 18.2 Å². The van der Waals surface area contributed by atoms with Crippen LogP contribution in [-0.4, -0.2) is 22.1 Å². The molecule has 0 aliphatic carbocycles. The first kappa shape index (κ1) is 13.6. The van der Waals surface area contributed by atoms with Crippen LogP contribution in [0.15, 0.2) is 34.7 Å². The van der Waals surface area contributed by atoms with E-state index >= 15 is 0 Å². The SMILES string of the molecule is NCc1ccc(C(=O)Nc2ccc(O)cc2C(=O)O)o1. The molecule has 2 aromatic rings. The Labute approximate surface area is 113 Å². The lowest BCUT2D eigenvalue weighted by Gasteiger charge is -2.07. The summed E-state index contributed by atoms with van der Waals surface area (Å²) in [5.74, 6) is -1.60. The highest BCUT2D eigenvalue weighted by molar-refractivity contribution is 6.06. The van der Waals surface area contributed by atoms with Gasteiger partial charge in [-0.15, -0.1) is 0 Å². The highest BCUT2D eigenvalue weighted by atomic mass is 16.4. The second-order valence-corrected chi connectivity index (χ2v) is 3.96. The van der Waals surface area contributed by atoms with Crippen LogP contribution in [0.2, 0.25) is 0 Å². The number of aromatic carboxylic acids is 1. The third-order valence-corrected chi connectivity index (χ3v) is 2.57. The Hall–Kier alpha value is -2.80. The van der Waals surface area contributed by atoms with E-state index in [-0.39, 0.29) is 29.3 Å². The van der Waals surface area contributed by atoms with Gasteiger partial charge >= 0.3 is 5.97 Å². The number of furan rings is 1. The minimum absolute atomic E-state index is 0.0230. The van der Waals surface area contributed by atoms with Crippen molar-refractivity contribution in [2.45, 2.75) is 6.54 Å². The molecule has 1 aromatic heterocycles. The van der Waals surface area contributed by atoms with Gasteiger partial charge in [0.1, 0.15) is 11.5 Å². The van der Waals surface area contributed by atoms with Gasteiger partial charge in [0.25, 0.3) is 5.91 Å². The third-order valence-electron chi connectivity index (χ3n) is 2.57. The monoisotopic (exact) mass is 276 g/mol. The number of phenolic OH excluding ortho intramolecular Hbond substituents is 1. The molecule has 0 saturated carbocycles. The molecule has 0 aliphatic heterocycles. The van der Waals surface area contributed by atoms with E-state index in [0.29, 0.717) is 5.76 Å². The van der Waals surface area contributed by atoms with Crippen molar-refractivity contribution in [1.82, 2.24) is 0 Å². The number of rotatable bonds is 4. The average molecular weight is 276 g/mol. The van der Waals surface area contributed by atoms with Gasteiger partial charge in [-0.1, -0.05) is 0 Å². The molecule has 1 heterocycles. The van der Waals surface area contributed by atoms with Gasteiger partial charge in [-0.25, -0.2) is 4.79 Å². The lowest BCUT2D eigenvalue weighted by atomic mass is 10.1. The molecule has 2 rings (SSSR count). The maximum absolute atomic E-state index is 11.9. The van der Waals surface area contributed by atoms with Gasteiger partial charge in [-0.3, -0.25) is 4.79 Å².